The second-order valence-electron chi connectivity index (χ2n) is 7.31. The van der Waals surface area contributed by atoms with Crippen molar-refractivity contribution in [2.75, 3.05) is 4.72 Å². The molecular weight excluding hydrogens is 411 g/mol. The van der Waals surface area contributed by atoms with Crippen LogP contribution in [0.2, 0.25) is 0 Å². The molecule has 0 atom stereocenters. The molecule has 3 aromatic rings. The largest absolute Gasteiger partial charge is 0.340 e. The fourth-order valence-corrected chi connectivity index (χ4v) is 3.70. The van der Waals surface area contributed by atoms with Gasteiger partial charge in [-0.25, -0.2) is 12.8 Å². The number of aromatic nitrogens is 2. The van der Waals surface area contributed by atoms with Crippen LogP contribution in [0, 0.1) is 19.7 Å². The molecule has 2 aromatic carbocycles. The van der Waals surface area contributed by atoms with E-state index in [4.69, 9.17) is 4.52 Å². The van der Waals surface area contributed by atoms with Gasteiger partial charge in [0.1, 0.15) is 5.82 Å². The van der Waals surface area contributed by atoms with Gasteiger partial charge >= 0.3 is 0 Å². The van der Waals surface area contributed by atoms with Crippen LogP contribution in [0.15, 0.2) is 51.9 Å². The number of halogens is 1. The summed E-state index contributed by atoms with van der Waals surface area (Å²) >= 11 is 0. The van der Waals surface area contributed by atoms with E-state index in [1.807, 2.05) is 0 Å². The number of carbonyl (C=O) groups excluding carboxylic acids is 1. The van der Waals surface area contributed by atoms with E-state index in [1.165, 1.54) is 36.4 Å². The summed E-state index contributed by atoms with van der Waals surface area (Å²) in [4.78, 5) is 16.6. The molecule has 0 aliphatic heterocycles. The van der Waals surface area contributed by atoms with Crippen molar-refractivity contribution >= 4 is 21.6 Å². The van der Waals surface area contributed by atoms with Crippen molar-refractivity contribution in [3.63, 3.8) is 0 Å². The van der Waals surface area contributed by atoms with Gasteiger partial charge in [0.15, 0.2) is 5.82 Å². The molecule has 0 fully saturated rings. The van der Waals surface area contributed by atoms with E-state index in [-0.39, 0.29) is 16.1 Å². The lowest BCUT2D eigenvalue weighted by Gasteiger charge is -2.22. The molecule has 8 nitrogen and oxygen atoms in total. The molecule has 0 radical (unpaired) electrons. The zero-order valence-electron chi connectivity index (χ0n) is 16.9. The minimum Gasteiger partial charge on any atom is -0.340 e. The highest BCUT2D eigenvalue weighted by molar-refractivity contribution is 7.92. The summed E-state index contributed by atoms with van der Waals surface area (Å²) in [5, 5.41) is 6.61. The molecule has 2 N–H and O–H groups in total. The van der Waals surface area contributed by atoms with Crippen LogP contribution in [-0.2, 0) is 15.6 Å². The highest BCUT2D eigenvalue weighted by Crippen LogP contribution is 2.21. The topological polar surface area (TPSA) is 114 Å². The van der Waals surface area contributed by atoms with Crippen molar-refractivity contribution in [3.05, 3.63) is 71.1 Å². The second kappa shape index (κ2) is 7.86. The van der Waals surface area contributed by atoms with Gasteiger partial charge in [-0.1, -0.05) is 17.3 Å². The van der Waals surface area contributed by atoms with Gasteiger partial charge in [0.05, 0.1) is 10.4 Å². The highest BCUT2D eigenvalue weighted by Gasteiger charge is 2.29. The van der Waals surface area contributed by atoms with Gasteiger partial charge in [0.25, 0.3) is 15.9 Å². The first kappa shape index (κ1) is 21.4. The molecule has 0 spiro atoms. The predicted molar refractivity (Wildman–Crippen MR) is 108 cm³/mol. The van der Waals surface area contributed by atoms with E-state index in [1.54, 1.807) is 27.7 Å². The van der Waals surface area contributed by atoms with Crippen LogP contribution >= 0.6 is 0 Å². The zero-order chi connectivity index (χ0) is 22.1. The monoisotopic (exact) mass is 432 g/mol. The molecule has 0 saturated carbocycles. The highest BCUT2D eigenvalue weighted by atomic mass is 32.2. The van der Waals surface area contributed by atoms with Crippen molar-refractivity contribution in [1.29, 1.82) is 0 Å². The Morgan fingerprint density at radius 1 is 1.13 bits per heavy atom. The lowest BCUT2D eigenvalue weighted by molar-refractivity contribution is 0.0907. The smallest absolute Gasteiger partial charge is 0.261 e. The van der Waals surface area contributed by atoms with Gasteiger partial charge in [-0.3, -0.25) is 9.52 Å². The molecule has 0 aliphatic rings. The van der Waals surface area contributed by atoms with Crippen LogP contribution in [0.5, 0.6) is 0 Å². The summed E-state index contributed by atoms with van der Waals surface area (Å²) < 4.78 is 46.2. The minimum absolute atomic E-state index is 0.164. The molecule has 158 valence electrons. The van der Waals surface area contributed by atoms with E-state index < -0.39 is 27.3 Å². The maximum atomic E-state index is 13.8. The number of aryl methyl sites for hydroxylation is 2. The maximum Gasteiger partial charge on any atom is 0.261 e. The number of nitrogens with one attached hydrogen (secondary N) is 2. The number of hydrogen-bond acceptors (Lipinski definition) is 6. The quantitative estimate of drug-likeness (QED) is 0.618. The molecule has 30 heavy (non-hydrogen) atoms. The first-order valence-corrected chi connectivity index (χ1v) is 10.5. The number of benzene rings is 2. The van der Waals surface area contributed by atoms with Crippen molar-refractivity contribution in [1.82, 2.24) is 15.5 Å². The number of rotatable bonds is 6. The van der Waals surface area contributed by atoms with E-state index >= 15 is 0 Å². The fraction of sp³-hybridized carbons (Fsp3) is 0.250. The van der Waals surface area contributed by atoms with E-state index in [0.717, 1.165) is 6.07 Å². The molecular formula is C20H21FN4O4S. The average Bonchev–Trinajstić information content (AvgIpc) is 3.11. The van der Waals surface area contributed by atoms with Gasteiger partial charge in [0, 0.05) is 18.2 Å². The lowest BCUT2D eigenvalue weighted by Crippen LogP contribution is -2.41. The summed E-state index contributed by atoms with van der Waals surface area (Å²) in [6, 6.07) is 9.59. The van der Waals surface area contributed by atoms with Crippen molar-refractivity contribution in [2.45, 2.75) is 38.1 Å². The normalized spacial score (nSPS) is 11.9. The Labute approximate surface area is 173 Å². The third-order valence-corrected chi connectivity index (χ3v) is 5.72. The molecule has 3 rings (SSSR count). The van der Waals surface area contributed by atoms with Crippen LogP contribution in [0.25, 0.3) is 0 Å². The Hall–Kier alpha value is -3.27. The van der Waals surface area contributed by atoms with Crippen LogP contribution in [0.4, 0.5) is 10.1 Å². The lowest BCUT2D eigenvalue weighted by atomic mass is 10.0. The summed E-state index contributed by atoms with van der Waals surface area (Å²) in [6.07, 6.45) is 0. The minimum atomic E-state index is -4.02. The van der Waals surface area contributed by atoms with E-state index in [9.17, 15) is 17.6 Å². The van der Waals surface area contributed by atoms with Gasteiger partial charge in [0.2, 0.25) is 5.89 Å². The number of nitrogens with zero attached hydrogens (tertiary/aromatic N) is 2. The molecule has 10 heteroatoms. The zero-order valence-corrected chi connectivity index (χ0v) is 17.7. The first-order valence-electron chi connectivity index (χ1n) is 9.00. The van der Waals surface area contributed by atoms with Crippen LogP contribution in [-0.4, -0.2) is 24.5 Å². The number of anilines is 1. The molecule has 0 unspecified atom stereocenters. The number of amides is 1. The molecule has 1 heterocycles. The summed E-state index contributed by atoms with van der Waals surface area (Å²) in [6.45, 7) is 6.61. The number of carbonyl (C=O) groups is 1. The number of hydrogen-bond donors (Lipinski definition) is 2. The second-order valence-corrected chi connectivity index (χ2v) is 9.00. The molecule has 0 saturated heterocycles. The maximum absolute atomic E-state index is 13.8. The Bertz CT molecular complexity index is 1210. The fourth-order valence-electron chi connectivity index (χ4n) is 2.64. The SMILES string of the molecule is Cc1nc(C(C)(C)NC(=O)c2cccc(NS(=O)(=O)c3ccc(C)c(F)c3)c2)no1. The van der Waals surface area contributed by atoms with Gasteiger partial charge in [-0.2, -0.15) is 4.98 Å². The van der Waals surface area contributed by atoms with Gasteiger partial charge < -0.3 is 9.84 Å². The number of sulfonamides is 1. The molecule has 0 bridgehead atoms. The Morgan fingerprint density at radius 3 is 2.50 bits per heavy atom. The van der Waals surface area contributed by atoms with E-state index in [0.29, 0.717) is 17.3 Å². The summed E-state index contributed by atoms with van der Waals surface area (Å²) in [7, 11) is -4.02. The Morgan fingerprint density at radius 2 is 1.87 bits per heavy atom. The average molecular weight is 432 g/mol. The van der Waals surface area contributed by atoms with Crippen molar-refractivity contribution < 1.29 is 22.1 Å². The molecule has 1 aromatic heterocycles. The van der Waals surface area contributed by atoms with Crippen LogP contribution < -0.4 is 10.0 Å². The summed E-state index contributed by atoms with van der Waals surface area (Å²) in [5.74, 6) is -0.391. The van der Waals surface area contributed by atoms with Crippen molar-refractivity contribution in [3.8, 4) is 0 Å². The third-order valence-electron chi connectivity index (χ3n) is 4.34. The predicted octanol–water partition coefficient (Wildman–Crippen LogP) is 3.29. The Kier molecular flexibility index (Phi) is 5.62. The standard InChI is InChI=1S/C20H21FN4O4S/c1-12-8-9-16(11-17(12)21)30(27,28)25-15-7-5-6-14(10-15)18(26)23-20(3,4)19-22-13(2)29-24-19/h5-11,25H,1-4H3,(H,23,26). The van der Waals surface area contributed by atoms with E-state index in [2.05, 4.69) is 20.2 Å². The Balaban J connectivity index is 1.80. The summed E-state index contributed by atoms with van der Waals surface area (Å²) in [5.41, 5.74) is -0.188. The third kappa shape index (κ3) is 4.65. The first-order chi connectivity index (χ1) is 14.0. The molecule has 1 amide bonds. The van der Waals surface area contributed by atoms with Crippen LogP contribution in [0.1, 0.15) is 41.5 Å². The van der Waals surface area contributed by atoms with Crippen LogP contribution in [0.3, 0.4) is 0 Å². The van der Waals surface area contributed by atoms with Crippen molar-refractivity contribution in [2.24, 2.45) is 0 Å². The van der Waals surface area contributed by atoms with Gasteiger partial charge in [-0.05, 0) is 56.7 Å². The van der Waals surface area contributed by atoms with Gasteiger partial charge in [-0.15, -0.1) is 0 Å². The molecule has 0 aliphatic carbocycles.